The Morgan fingerprint density at radius 1 is 1.06 bits per heavy atom. The number of carbonyl (C=O) groups excluding carboxylic acids is 2. The van der Waals surface area contributed by atoms with Crippen molar-refractivity contribution in [2.75, 3.05) is 26.9 Å². The highest BCUT2D eigenvalue weighted by Crippen LogP contribution is 2.39. The van der Waals surface area contributed by atoms with Crippen LogP contribution < -0.4 is 4.74 Å². The summed E-state index contributed by atoms with van der Waals surface area (Å²) in [6.45, 7) is 7.13. The van der Waals surface area contributed by atoms with E-state index in [9.17, 15) is 14.7 Å². The van der Waals surface area contributed by atoms with E-state index in [-0.39, 0.29) is 17.9 Å². The fourth-order valence-corrected chi connectivity index (χ4v) is 3.84. The first-order chi connectivity index (χ1) is 15.4. The third-order valence-electron chi connectivity index (χ3n) is 5.67. The van der Waals surface area contributed by atoms with E-state index in [1.807, 2.05) is 38.1 Å². The second-order valence-corrected chi connectivity index (χ2v) is 8.08. The van der Waals surface area contributed by atoms with E-state index in [0.29, 0.717) is 18.8 Å². The number of rotatable bonds is 9. The van der Waals surface area contributed by atoms with Gasteiger partial charge in [-0.25, -0.2) is 0 Å². The molecule has 1 atom stereocenters. The van der Waals surface area contributed by atoms with Crippen LogP contribution in [0.2, 0.25) is 0 Å². The Labute approximate surface area is 189 Å². The van der Waals surface area contributed by atoms with Crippen LogP contribution in [0.1, 0.15) is 48.1 Å². The zero-order valence-corrected chi connectivity index (χ0v) is 19.2. The van der Waals surface area contributed by atoms with Crippen molar-refractivity contribution in [3.63, 3.8) is 0 Å². The van der Waals surface area contributed by atoms with Crippen LogP contribution >= 0.6 is 0 Å². The van der Waals surface area contributed by atoms with Gasteiger partial charge in [-0.05, 0) is 49.6 Å². The summed E-state index contributed by atoms with van der Waals surface area (Å²) in [4.78, 5) is 27.3. The molecule has 1 fully saturated rings. The lowest BCUT2D eigenvalue weighted by Gasteiger charge is -2.25. The molecule has 0 spiro atoms. The van der Waals surface area contributed by atoms with Gasteiger partial charge in [0, 0.05) is 19.2 Å². The smallest absolute Gasteiger partial charge is 0.295 e. The molecule has 6 heteroatoms. The highest BCUT2D eigenvalue weighted by atomic mass is 16.5. The van der Waals surface area contributed by atoms with Crippen LogP contribution in [0.4, 0.5) is 0 Å². The van der Waals surface area contributed by atoms with Crippen molar-refractivity contribution in [2.24, 2.45) is 0 Å². The Bertz CT molecular complexity index is 1010. The number of carbonyl (C=O) groups is 2. The molecule has 0 unspecified atom stereocenters. The van der Waals surface area contributed by atoms with Crippen molar-refractivity contribution < 1.29 is 24.2 Å². The fourth-order valence-electron chi connectivity index (χ4n) is 3.84. The summed E-state index contributed by atoms with van der Waals surface area (Å²) < 4.78 is 10.9. The number of ketones is 1. The third-order valence-corrected chi connectivity index (χ3v) is 5.67. The molecule has 0 bridgehead atoms. The van der Waals surface area contributed by atoms with Crippen molar-refractivity contribution >= 4 is 17.4 Å². The lowest BCUT2D eigenvalue weighted by molar-refractivity contribution is -0.140. The molecule has 1 saturated heterocycles. The molecule has 2 aromatic rings. The van der Waals surface area contributed by atoms with Gasteiger partial charge in [0.25, 0.3) is 11.7 Å². The predicted octanol–water partition coefficient (Wildman–Crippen LogP) is 4.55. The minimum absolute atomic E-state index is 0.0917. The SMILES string of the molecule is CCCCOc1ccc(/C(O)=C2\C(=O)C(=O)N(CCOC)[C@@H]2c2ccc(C)cc2)cc1C. The van der Waals surface area contributed by atoms with Crippen LogP contribution in [0.25, 0.3) is 5.76 Å². The zero-order chi connectivity index (χ0) is 23.3. The Hall–Kier alpha value is -3.12. The molecule has 1 aliphatic rings. The number of Topliss-reactive ketones (excluding diaryl/α,β-unsaturated/α-hetero) is 1. The molecule has 3 rings (SSSR count). The van der Waals surface area contributed by atoms with Crippen molar-refractivity contribution in [3.8, 4) is 5.75 Å². The molecule has 1 N–H and O–H groups in total. The van der Waals surface area contributed by atoms with E-state index in [4.69, 9.17) is 9.47 Å². The summed E-state index contributed by atoms with van der Waals surface area (Å²) in [7, 11) is 1.55. The molecule has 1 aliphatic heterocycles. The van der Waals surface area contributed by atoms with E-state index >= 15 is 0 Å². The van der Waals surface area contributed by atoms with Crippen LogP contribution in [0.15, 0.2) is 48.0 Å². The number of aryl methyl sites for hydroxylation is 2. The average Bonchev–Trinajstić information content (AvgIpc) is 3.03. The molecule has 32 heavy (non-hydrogen) atoms. The first kappa shape index (κ1) is 23.5. The average molecular weight is 438 g/mol. The van der Waals surface area contributed by atoms with Gasteiger partial charge in [-0.3, -0.25) is 9.59 Å². The normalized spacial score (nSPS) is 17.8. The fraction of sp³-hybridized carbons (Fsp3) is 0.385. The third kappa shape index (κ3) is 4.86. The minimum Gasteiger partial charge on any atom is -0.507 e. The quantitative estimate of drug-likeness (QED) is 0.270. The van der Waals surface area contributed by atoms with Gasteiger partial charge in [0.1, 0.15) is 11.5 Å². The number of hydrogen-bond acceptors (Lipinski definition) is 5. The summed E-state index contributed by atoms with van der Waals surface area (Å²) in [6, 6.07) is 12.2. The number of hydrogen-bond donors (Lipinski definition) is 1. The number of aliphatic hydroxyl groups excluding tert-OH is 1. The van der Waals surface area contributed by atoms with Gasteiger partial charge >= 0.3 is 0 Å². The van der Waals surface area contributed by atoms with Gasteiger partial charge in [-0.15, -0.1) is 0 Å². The molecule has 6 nitrogen and oxygen atoms in total. The van der Waals surface area contributed by atoms with Gasteiger partial charge in [0.15, 0.2) is 0 Å². The van der Waals surface area contributed by atoms with E-state index in [1.54, 1.807) is 25.3 Å². The van der Waals surface area contributed by atoms with Crippen LogP contribution in [-0.2, 0) is 14.3 Å². The largest absolute Gasteiger partial charge is 0.507 e. The Morgan fingerprint density at radius 3 is 2.41 bits per heavy atom. The summed E-state index contributed by atoms with van der Waals surface area (Å²) in [6.07, 6.45) is 2.00. The molecule has 2 aromatic carbocycles. The summed E-state index contributed by atoms with van der Waals surface area (Å²) in [5, 5.41) is 11.2. The number of ether oxygens (including phenoxy) is 2. The molecule has 0 aliphatic carbocycles. The number of methoxy groups -OCH3 is 1. The van der Waals surface area contributed by atoms with E-state index < -0.39 is 17.7 Å². The number of benzene rings is 2. The molecule has 0 radical (unpaired) electrons. The second-order valence-electron chi connectivity index (χ2n) is 8.08. The van der Waals surface area contributed by atoms with Crippen molar-refractivity contribution in [1.29, 1.82) is 0 Å². The molecular formula is C26H31NO5. The molecule has 170 valence electrons. The van der Waals surface area contributed by atoms with Crippen molar-refractivity contribution in [3.05, 3.63) is 70.3 Å². The maximum atomic E-state index is 13.0. The van der Waals surface area contributed by atoms with E-state index in [0.717, 1.165) is 35.3 Å². The summed E-state index contributed by atoms with van der Waals surface area (Å²) >= 11 is 0. The molecule has 0 saturated carbocycles. The lowest BCUT2D eigenvalue weighted by Crippen LogP contribution is -2.32. The zero-order valence-electron chi connectivity index (χ0n) is 19.2. The molecular weight excluding hydrogens is 406 g/mol. The Kier molecular flexibility index (Phi) is 7.70. The second kappa shape index (κ2) is 10.5. The highest BCUT2D eigenvalue weighted by Gasteiger charge is 2.45. The monoisotopic (exact) mass is 437 g/mol. The van der Waals surface area contributed by atoms with Crippen LogP contribution in [0.5, 0.6) is 5.75 Å². The summed E-state index contributed by atoms with van der Waals surface area (Å²) in [5.41, 5.74) is 3.26. The molecule has 0 aromatic heterocycles. The van der Waals surface area contributed by atoms with E-state index in [2.05, 4.69) is 6.92 Å². The number of nitrogens with zero attached hydrogens (tertiary/aromatic N) is 1. The standard InChI is InChI=1S/C26H31NO5/c1-5-6-14-32-21-12-11-20(16-18(21)3)24(28)22-23(19-9-7-17(2)8-10-19)27(13-15-31-4)26(30)25(22)29/h7-12,16,23,28H,5-6,13-15H2,1-4H3/b24-22+/t23-/m1/s1. The lowest BCUT2D eigenvalue weighted by atomic mass is 9.94. The van der Waals surface area contributed by atoms with Crippen molar-refractivity contribution in [1.82, 2.24) is 4.90 Å². The van der Waals surface area contributed by atoms with Gasteiger partial charge in [0.05, 0.1) is 24.8 Å². The van der Waals surface area contributed by atoms with E-state index in [1.165, 1.54) is 4.90 Å². The number of aliphatic hydroxyl groups is 1. The Balaban J connectivity index is 2.04. The van der Waals surface area contributed by atoms with Crippen LogP contribution in [0.3, 0.4) is 0 Å². The number of likely N-dealkylation sites (tertiary alicyclic amines) is 1. The van der Waals surface area contributed by atoms with Crippen LogP contribution in [0, 0.1) is 13.8 Å². The number of unbranched alkanes of at least 4 members (excludes halogenated alkanes) is 1. The minimum atomic E-state index is -0.690. The maximum absolute atomic E-state index is 13.0. The first-order valence-electron chi connectivity index (χ1n) is 11.0. The molecule has 1 heterocycles. The Morgan fingerprint density at radius 2 is 1.78 bits per heavy atom. The van der Waals surface area contributed by atoms with Gasteiger partial charge in [-0.1, -0.05) is 43.2 Å². The van der Waals surface area contributed by atoms with Gasteiger partial charge < -0.3 is 19.5 Å². The summed E-state index contributed by atoms with van der Waals surface area (Å²) in [5.74, 6) is -0.766. The highest BCUT2D eigenvalue weighted by molar-refractivity contribution is 6.46. The van der Waals surface area contributed by atoms with Gasteiger partial charge in [0.2, 0.25) is 0 Å². The van der Waals surface area contributed by atoms with Gasteiger partial charge in [-0.2, -0.15) is 0 Å². The predicted molar refractivity (Wildman–Crippen MR) is 124 cm³/mol. The molecule has 1 amide bonds. The topological polar surface area (TPSA) is 76.1 Å². The van der Waals surface area contributed by atoms with Crippen LogP contribution in [-0.4, -0.2) is 48.6 Å². The maximum Gasteiger partial charge on any atom is 0.295 e. The van der Waals surface area contributed by atoms with Crippen molar-refractivity contribution in [2.45, 2.75) is 39.7 Å². The number of amides is 1. The first-order valence-corrected chi connectivity index (χ1v) is 11.0.